The van der Waals surface area contributed by atoms with E-state index in [2.05, 4.69) is 45.2 Å². The lowest BCUT2D eigenvalue weighted by molar-refractivity contribution is 0.0916. The number of hydrogen-bond donors (Lipinski definition) is 1. The average molecular weight is 212 g/mol. The van der Waals surface area contributed by atoms with Crippen LogP contribution in [0.25, 0.3) is 0 Å². The van der Waals surface area contributed by atoms with Gasteiger partial charge in [-0.05, 0) is 46.8 Å². The monoisotopic (exact) mass is 212 g/mol. The van der Waals surface area contributed by atoms with Crippen molar-refractivity contribution in [2.75, 3.05) is 21.1 Å². The van der Waals surface area contributed by atoms with Gasteiger partial charge in [-0.3, -0.25) is 0 Å². The van der Waals surface area contributed by atoms with Crippen LogP contribution in [-0.2, 0) is 0 Å². The minimum atomic E-state index is 0.296. The molecule has 0 spiro atoms. The van der Waals surface area contributed by atoms with Gasteiger partial charge < -0.3 is 10.2 Å². The van der Waals surface area contributed by atoms with Crippen LogP contribution in [0.2, 0.25) is 0 Å². The van der Waals surface area contributed by atoms with Crippen LogP contribution in [0.5, 0.6) is 0 Å². The van der Waals surface area contributed by atoms with E-state index >= 15 is 0 Å². The fourth-order valence-electron chi connectivity index (χ4n) is 2.62. The Morgan fingerprint density at radius 1 is 1.40 bits per heavy atom. The van der Waals surface area contributed by atoms with Crippen molar-refractivity contribution in [3.8, 4) is 0 Å². The molecular formula is C13H28N2. The van der Waals surface area contributed by atoms with Gasteiger partial charge in [-0.2, -0.15) is 0 Å². The minimum Gasteiger partial charge on any atom is -0.315 e. The molecule has 0 aromatic carbocycles. The van der Waals surface area contributed by atoms with Gasteiger partial charge in [0.25, 0.3) is 0 Å². The van der Waals surface area contributed by atoms with Gasteiger partial charge >= 0.3 is 0 Å². The van der Waals surface area contributed by atoms with Crippen molar-refractivity contribution in [2.24, 2.45) is 5.92 Å². The Labute approximate surface area is 95.4 Å². The van der Waals surface area contributed by atoms with Gasteiger partial charge in [0.2, 0.25) is 0 Å². The molecule has 1 aliphatic carbocycles. The fourth-order valence-corrected chi connectivity index (χ4v) is 2.62. The molecule has 0 radical (unpaired) electrons. The van der Waals surface area contributed by atoms with Crippen molar-refractivity contribution in [3.05, 3.63) is 0 Å². The molecule has 0 aliphatic heterocycles. The van der Waals surface area contributed by atoms with Gasteiger partial charge in [-0.1, -0.05) is 26.2 Å². The van der Waals surface area contributed by atoms with Crippen LogP contribution in [-0.4, -0.2) is 37.6 Å². The Morgan fingerprint density at radius 2 is 2.00 bits per heavy atom. The van der Waals surface area contributed by atoms with Crippen molar-refractivity contribution in [3.63, 3.8) is 0 Å². The summed E-state index contributed by atoms with van der Waals surface area (Å²) in [6.07, 6.45) is 6.90. The molecule has 2 unspecified atom stereocenters. The maximum atomic E-state index is 3.53. The summed E-state index contributed by atoms with van der Waals surface area (Å²) in [6.45, 7) is 4.68. The average Bonchev–Trinajstić information content (AvgIpc) is 2.15. The highest BCUT2D eigenvalue weighted by atomic mass is 15.2. The molecule has 1 aliphatic rings. The van der Waals surface area contributed by atoms with Gasteiger partial charge in [0, 0.05) is 11.6 Å². The van der Waals surface area contributed by atoms with Gasteiger partial charge in [0.15, 0.2) is 0 Å². The van der Waals surface area contributed by atoms with Crippen molar-refractivity contribution < 1.29 is 0 Å². The molecule has 1 fully saturated rings. The van der Waals surface area contributed by atoms with Crippen LogP contribution in [0.15, 0.2) is 0 Å². The van der Waals surface area contributed by atoms with Crippen LogP contribution < -0.4 is 5.32 Å². The Bertz CT molecular complexity index is 187. The smallest absolute Gasteiger partial charge is 0.0325 e. The molecule has 2 nitrogen and oxygen atoms in total. The summed E-state index contributed by atoms with van der Waals surface area (Å²) in [5.41, 5.74) is 0.296. The van der Waals surface area contributed by atoms with Crippen LogP contribution >= 0.6 is 0 Å². The predicted molar refractivity (Wildman–Crippen MR) is 67.2 cm³/mol. The standard InChI is InChI=1S/C13H28N2/c1-6-13(2,15(4)5)12(14-3)10-11-8-7-9-11/h11-12,14H,6-10H2,1-5H3. The first-order chi connectivity index (χ1) is 7.04. The molecule has 1 N–H and O–H groups in total. The lowest BCUT2D eigenvalue weighted by Crippen LogP contribution is -2.56. The van der Waals surface area contributed by atoms with Gasteiger partial charge in [-0.25, -0.2) is 0 Å². The number of nitrogens with zero attached hydrogens (tertiary/aromatic N) is 1. The number of nitrogens with one attached hydrogen (secondary N) is 1. The van der Waals surface area contributed by atoms with Crippen molar-refractivity contribution >= 4 is 0 Å². The summed E-state index contributed by atoms with van der Waals surface area (Å²) < 4.78 is 0. The van der Waals surface area contributed by atoms with E-state index in [1.165, 1.54) is 32.1 Å². The summed E-state index contributed by atoms with van der Waals surface area (Å²) in [5, 5.41) is 3.53. The second kappa shape index (κ2) is 5.31. The molecule has 90 valence electrons. The normalized spacial score (nSPS) is 23.6. The molecule has 0 amide bonds. The van der Waals surface area contributed by atoms with Gasteiger partial charge in [0.05, 0.1) is 0 Å². The highest BCUT2D eigenvalue weighted by Gasteiger charge is 2.36. The predicted octanol–water partition coefficient (Wildman–Crippen LogP) is 2.49. The van der Waals surface area contributed by atoms with Crippen LogP contribution in [0.1, 0.15) is 46.0 Å². The van der Waals surface area contributed by atoms with Crippen LogP contribution in [0.3, 0.4) is 0 Å². The largest absolute Gasteiger partial charge is 0.315 e. The fraction of sp³-hybridized carbons (Fsp3) is 1.00. The van der Waals surface area contributed by atoms with E-state index in [1.54, 1.807) is 0 Å². The van der Waals surface area contributed by atoms with E-state index < -0.39 is 0 Å². The van der Waals surface area contributed by atoms with E-state index in [0.717, 1.165) is 5.92 Å². The summed E-state index contributed by atoms with van der Waals surface area (Å²) in [7, 11) is 6.52. The summed E-state index contributed by atoms with van der Waals surface area (Å²) in [4.78, 5) is 2.38. The topological polar surface area (TPSA) is 15.3 Å². The summed E-state index contributed by atoms with van der Waals surface area (Å²) >= 11 is 0. The molecule has 0 heterocycles. The molecule has 0 aromatic heterocycles. The number of hydrogen-bond acceptors (Lipinski definition) is 2. The van der Waals surface area contributed by atoms with Crippen LogP contribution in [0.4, 0.5) is 0 Å². The molecule has 15 heavy (non-hydrogen) atoms. The first-order valence-corrected chi connectivity index (χ1v) is 6.39. The molecule has 1 rings (SSSR count). The number of rotatable bonds is 6. The Kier molecular flexibility index (Phi) is 4.60. The maximum Gasteiger partial charge on any atom is 0.0325 e. The lowest BCUT2D eigenvalue weighted by Gasteiger charge is -2.45. The van der Waals surface area contributed by atoms with E-state index in [9.17, 15) is 0 Å². The zero-order valence-corrected chi connectivity index (χ0v) is 11.1. The lowest BCUT2D eigenvalue weighted by atomic mass is 9.75. The summed E-state index contributed by atoms with van der Waals surface area (Å²) in [5.74, 6) is 0.980. The Balaban J connectivity index is 2.60. The van der Waals surface area contributed by atoms with E-state index in [4.69, 9.17) is 0 Å². The molecular weight excluding hydrogens is 184 g/mol. The second-order valence-electron chi connectivity index (χ2n) is 5.48. The quantitative estimate of drug-likeness (QED) is 0.728. The summed E-state index contributed by atoms with van der Waals surface area (Å²) in [6, 6.07) is 0.628. The van der Waals surface area contributed by atoms with Crippen molar-refractivity contribution in [1.82, 2.24) is 10.2 Å². The third-order valence-corrected chi connectivity index (χ3v) is 4.63. The second-order valence-corrected chi connectivity index (χ2v) is 5.48. The van der Waals surface area contributed by atoms with Crippen molar-refractivity contribution in [1.29, 1.82) is 0 Å². The third kappa shape index (κ3) is 2.73. The highest BCUT2D eigenvalue weighted by molar-refractivity contribution is 4.95. The van der Waals surface area contributed by atoms with E-state index in [0.29, 0.717) is 11.6 Å². The molecule has 0 saturated heterocycles. The van der Waals surface area contributed by atoms with Gasteiger partial charge in [-0.15, -0.1) is 0 Å². The molecule has 1 saturated carbocycles. The highest BCUT2D eigenvalue weighted by Crippen LogP contribution is 2.34. The Hall–Kier alpha value is -0.0800. The number of likely N-dealkylation sites (N-methyl/N-ethyl adjacent to an activating group) is 2. The first-order valence-electron chi connectivity index (χ1n) is 6.39. The third-order valence-electron chi connectivity index (χ3n) is 4.63. The zero-order chi connectivity index (χ0) is 11.5. The molecule has 2 heteroatoms. The Morgan fingerprint density at radius 3 is 2.27 bits per heavy atom. The molecule has 2 atom stereocenters. The molecule has 0 bridgehead atoms. The SMILES string of the molecule is CCC(C)(C(CC1CCC1)NC)N(C)C. The van der Waals surface area contributed by atoms with Crippen LogP contribution in [0, 0.1) is 5.92 Å². The van der Waals surface area contributed by atoms with E-state index in [-0.39, 0.29) is 0 Å². The zero-order valence-electron chi connectivity index (χ0n) is 11.1. The molecule has 0 aromatic rings. The van der Waals surface area contributed by atoms with Crippen molar-refractivity contribution in [2.45, 2.75) is 57.5 Å². The minimum absolute atomic E-state index is 0.296. The van der Waals surface area contributed by atoms with Gasteiger partial charge in [0.1, 0.15) is 0 Å². The van der Waals surface area contributed by atoms with E-state index in [1.807, 2.05) is 0 Å². The maximum absolute atomic E-state index is 3.53. The first kappa shape index (κ1) is 13.0.